The second kappa shape index (κ2) is 10.1. The number of hydrogen-bond acceptors (Lipinski definition) is 12. The topological polar surface area (TPSA) is 223 Å². The SMILES string of the molecule is Cc1cc2nc(-c3nnnn3CC(=O)NS(C)(=O)=O)c(=O)n(C[C@H](O)[C@H](O)[C@H](O)CO)c2cc1C. The van der Waals surface area contributed by atoms with Gasteiger partial charge in [0, 0.05) is 0 Å². The minimum atomic E-state index is -3.84. The lowest BCUT2D eigenvalue weighted by Gasteiger charge is -2.23. The van der Waals surface area contributed by atoms with Crippen molar-refractivity contribution in [2.24, 2.45) is 0 Å². The fourth-order valence-electron chi connectivity index (χ4n) is 3.34. The van der Waals surface area contributed by atoms with E-state index in [0.717, 1.165) is 26.6 Å². The van der Waals surface area contributed by atoms with Crippen molar-refractivity contribution in [3.05, 3.63) is 33.6 Å². The first kappa shape index (κ1) is 26.3. The van der Waals surface area contributed by atoms with E-state index in [1.54, 1.807) is 23.8 Å². The minimum Gasteiger partial charge on any atom is -0.394 e. The highest BCUT2D eigenvalue weighted by Gasteiger charge is 2.27. The lowest BCUT2D eigenvalue weighted by molar-refractivity contribution is -0.120. The van der Waals surface area contributed by atoms with Crippen LogP contribution in [0, 0.1) is 13.8 Å². The van der Waals surface area contributed by atoms with Crippen LogP contribution in [0.3, 0.4) is 0 Å². The van der Waals surface area contributed by atoms with Gasteiger partial charge in [0.1, 0.15) is 24.9 Å². The third-order valence-electron chi connectivity index (χ3n) is 5.24. The first-order valence-electron chi connectivity index (χ1n) is 10.3. The summed E-state index contributed by atoms with van der Waals surface area (Å²) in [6.07, 6.45) is -4.24. The van der Waals surface area contributed by atoms with E-state index in [-0.39, 0.29) is 11.5 Å². The average molecular weight is 512 g/mol. The number of nitrogens with one attached hydrogen (secondary N) is 1. The van der Waals surface area contributed by atoms with Gasteiger partial charge in [-0.15, -0.1) is 5.10 Å². The fourth-order valence-corrected chi connectivity index (χ4v) is 3.82. The number of tetrazole rings is 1. The van der Waals surface area contributed by atoms with Gasteiger partial charge < -0.3 is 25.0 Å². The number of rotatable bonds is 9. The molecule has 16 heteroatoms. The van der Waals surface area contributed by atoms with Gasteiger partial charge in [0.15, 0.2) is 5.69 Å². The molecule has 190 valence electrons. The van der Waals surface area contributed by atoms with Crippen LogP contribution in [0.5, 0.6) is 0 Å². The Morgan fingerprint density at radius 2 is 1.80 bits per heavy atom. The van der Waals surface area contributed by atoms with Crippen LogP contribution in [0.15, 0.2) is 16.9 Å². The van der Waals surface area contributed by atoms with Crippen molar-refractivity contribution in [1.82, 2.24) is 34.5 Å². The second-order valence-corrected chi connectivity index (χ2v) is 9.82. The van der Waals surface area contributed by atoms with Gasteiger partial charge >= 0.3 is 0 Å². The summed E-state index contributed by atoms with van der Waals surface area (Å²) >= 11 is 0. The van der Waals surface area contributed by atoms with Gasteiger partial charge in [0.25, 0.3) is 11.5 Å². The number of aromatic nitrogens is 6. The number of sulfonamides is 1. The van der Waals surface area contributed by atoms with Gasteiger partial charge in [-0.2, -0.15) is 0 Å². The van der Waals surface area contributed by atoms with E-state index in [9.17, 15) is 33.3 Å². The number of aryl methyl sites for hydroxylation is 2. The number of nitrogens with zero attached hydrogens (tertiary/aromatic N) is 6. The molecule has 2 aromatic heterocycles. The van der Waals surface area contributed by atoms with Crippen molar-refractivity contribution in [1.29, 1.82) is 0 Å². The number of aliphatic hydroxyl groups is 4. The zero-order valence-corrected chi connectivity index (χ0v) is 19.8. The van der Waals surface area contributed by atoms with Crippen LogP contribution >= 0.6 is 0 Å². The molecule has 1 amide bonds. The number of aliphatic hydroxyl groups excluding tert-OH is 4. The molecule has 3 atom stereocenters. The molecule has 0 aliphatic carbocycles. The average Bonchev–Trinajstić information content (AvgIpc) is 3.21. The van der Waals surface area contributed by atoms with Gasteiger partial charge in [0.2, 0.25) is 15.8 Å². The summed E-state index contributed by atoms with van der Waals surface area (Å²) in [4.78, 5) is 29.8. The molecule has 0 aliphatic rings. The summed E-state index contributed by atoms with van der Waals surface area (Å²) in [5.74, 6) is -1.19. The molecule has 0 unspecified atom stereocenters. The Morgan fingerprint density at radius 1 is 1.14 bits per heavy atom. The van der Waals surface area contributed by atoms with Gasteiger partial charge in [0.05, 0.1) is 30.4 Å². The van der Waals surface area contributed by atoms with E-state index in [1.165, 1.54) is 0 Å². The van der Waals surface area contributed by atoms with Crippen molar-refractivity contribution in [3.8, 4) is 11.5 Å². The molecule has 5 N–H and O–H groups in total. The molecule has 0 aliphatic heterocycles. The first-order chi connectivity index (χ1) is 16.3. The second-order valence-electron chi connectivity index (χ2n) is 8.07. The Balaban J connectivity index is 2.15. The van der Waals surface area contributed by atoms with Crippen molar-refractivity contribution in [3.63, 3.8) is 0 Å². The van der Waals surface area contributed by atoms with E-state index in [4.69, 9.17) is 5.11 Å². The summed E-state index contributed by atoms with van der Waals surface area (Å²) in [7, 11) is -3.84. The predicted molar refractivity (Wildman–Crippen MR) is 120 cm³/mol. The number of amides is 1. The van der Waals surface area contributed by atoms with Crippen LogP contribution in [-0.2, 0) is 27.9 Å². The maximum absolute atomic E-state index is 13.4. The summed E-state index contributed by atoms with van der Waals surface area (Å²) in [5, 5.41) is 50.1. The first-order valence-corrected chi connectivity index (χ1v) is 12.2. The predicted octanol–water partition coefficient (Wildman–Crippen LogP) is -3.18. The van der Waals surface area contributed by atoms with E-state index in [2.05, 4.69) is 20.5 Å². The number of fused-ring (bicyclic) bond motifs is 1. The molecular formula is C19H25N7O8S. The summed E-state index contributed by atoms with van der Waals surface area (Å²) in [6.45, 7) is 1.70. The van der Waals surface area contributed by atoms with E-state index in [0.29, 0.717) is 11.0 Å². The van der Waals surface area contributed by atoms with E-state index in [1.807, 2.05) is 6.92 Å². The fraction of sp³-hybridized carbons (Fsp3) is 0.474. The van der Waals surface area contributed by atoms with Gasteiger partial charge in [-0.3, -0.25) is 14.3 Å². The molecule has 0 spiro atoms. The normalized spacial score (nSPS) is 14.6. The molecule has 15 nitrogen and oxygen atoms in total. The molecule has 0 radical (unpaired) electrons. The molecule has 3 rings (SSSR count). The minimum absolute atomic E-state index is 0.238. The van der Waals surface area contributed by atoms with E-state index >= 15 is 0 Å². The number of hydrogen-bond donors (Lipinski definition) is 5. The molecule has 0 saturated carbocycles. The highest BCUT2D eigenvalue weighted by atomic mass is 32.2. The van der Waals surface area contributed by atoms with Crippen molar-refractivity contribution in [2.45, 2.75) is 45.2 Å². The quantitative estimate of drug-likeness (QED) is 0.192. The van der Waals surface area contributed by atoms with Crippen LogP contribution in [0.2, 0.25) is 0 Å². The number of carbonyl (C=O) groups is 1. The van der Waals surface area contributed by atoms with Gasteiger partial charge in [-0.25, -0.2) is 18.1 Å². The Bertz CT molecular complexity index is 1420. The highest BCUT2D eigenvalue weighted by Crippen LogP contribution is 2.20. The molecular weight excluding hydrogens is 486 g/mol. The number of carbonyl (C=O) groups excluding carboxylic acids is 1. The Kier molecular flexibility index (Phi) is 7.61. The molecule has 2 heterocycles. The zero-order valence-electron chi connectivity index (χ0n) is 19.0. The Hall–Kier alpha value is -3.31. The highest BCUT2D eigenvalue weighted by molar-refractivity contribution is 7.89. The van der Waals surface area contributed by atoms with Crippen LogP contribution in [0.1, 0.15) is 11.1 Å². The van der Waals surface area contributed by atoms with Crippen LogP contribution in [0.25, 0.3) is 22.6 Å². The summed E-state index contributed by atoms with van der Waals surface area (Å²) < 4.78 is 26.4. The standard InChI is InChI=1S/C19H25N7O8S/c1-9-4-11-12(5-10(9)2)25(6-13(28)17(31)14(29)8-27)19(32)16(20-11)18-21-23-24-26(18)7-15(30)22-35(3,33)34/h4-5,13-14,17,27-29,31H,6-8H2,1-3H3,(H,22,30)/t13-,14+,17-/m0/s1. The monoisotopic (exact) mass is 511 g/mol. The maximum Gasteiger partial charge on any atom is 0.281 e. The molecule has 3 aromatic rings. The lowest BCUT2D eigenvalue weighted by atomic mass is 10.1. The molecule has 1 aromatic carbocycles. The van der Waals surface area contributed by atoms with Crippen molar-refractivity contribution < 1.29 is 33.6 Å². The largest absolute Gasteiger partial charge is 0.394 e. The third kappa shape index (κ3) is 5.85. The van der Waals surface area contributed by atoms with Crippen molar-refractivity contribution in [2.75, 3.05) is 12.9 Å². The van der Waals surface area contributed by atoms with Crippen LogP contribution < -0.4 is 10.3 Å². The maximum atomic E-state index is 13.4. The Labute approximate surface area is 198 Å². The summed E-state index contributed by atoms with van der Waals surface area (Å²) in [5.41, 5.74) is 1.17. The lowest BCUT2D eigenvalue weighted by Crippen LogP contribution is -2.43. The van der Waals surface area contributed by atoms with Crippen LogP contribution in [-0.4, -0.2) is 95.7 Å². The van der Waals surface area contributed by atoms with E-state index < -0.39 is 59.5 Å². The van der Waals surface area contributed by atoms with Gasteiger partial charge in [-0.1, -0.05) is 0 Å². The molecule has 35 heavy (non-hydrogen) atoms. The van der Waals surface area contributed by atoms with Crippen LogP contribution in [0.4, 0.5) is 0 Å². The molecule has 0 bridgehead atoms. The summed E-state index contributed by atoms with van der Waals surface area (Å²) in [6, 6.07) is 3.34. The third-order valence-corrected chi connectivity index (χ3v) is 5.84. The zero-order chi connectivity index (χ0) is 26.1. The smallest absolute Gasteiger partial charge is 0.281 e. The number of benzene rings is 1. The Morgan fingerprint density at radius 3 is 2.43 bits per heavy atom. The molecule has 0 fully saturated rings. The van der Waals surface area contributed by atoms with Crippen molar-refractivity contribution >= 4 is 27.0 Å². The molecule has 0 saturated heterocycles. The van der Waals surface area contributed by atoms with Gasteiger partial charge in [-0.05, 0) is 47.5 Å².